The summed E-state index contributed by atoms with van der Waals surface area (Å²) in [5.74, 6) is 1.09. The van der Waals surface area contributed by atoms with Gasteiger partial charge < -0.3 is 19.7 Å². The van der Waals surface area contributed by atoms with Crippen LogP contribution in [0.15, 0.2) is 36.4 Å². The first-order chi connectivity index (χ1) is 11.9. The smallest absolute Gasteiger partial charge is 0.156 e. The molecular weight excluding hydrogens is 363 g/mol. The second kappa shape index (κ2) is 8.77. The summed E-state index contributed by atoms with van der Waals surface area (Å²) in [5, 5.41) is 18.5. The van der Waals surface area contributed by atoms with Gasteiger partial charge in [0.25, 0.3) is 0 Å². The number of rotatable bonds is 8. The highest BCUT2D eigenvalue weighted by Gasteiger charge is 2.25. The van der Waals surface area contributed by atoms with Crippen LogP contribution in [0.2, 0.25) is 10.0 Å². The molecule has 0 aliphatic carbocycles. The van der Waals surface area contributed by atoms with Crippen LogP contribution in [-0.2, 0) is 5.41 Å². The Kier molecular flexibility index (Phi) is 6.96. The zero-order valence-corrected chi connectivity index (χ0v) is 15.8. The maximum Gasteiger partial charge on any atom is 0.156 e. The van der Waals surface area contributed by atoms with Crippen molar-refractivity contribution in [1.29, 1.82) is 0 Å². The summed E-state index contributed by atoms with van der Waals surface area (Å²) in [7, 11) is 0. The SMILES string of the molecule is CC(C)(c1ccc(OCCO)cc1)c1cc(Cl)c(OCCO)c(Cl)c1. The van der Waals surface area contributed by atoms with Gasteiger partial charge in [-0.05, 0) is 35.4 Å². The van der Waals surface area contributed by atoms with Crippen molar-refractivity contribution < 1.29 is 19.7 Å². The minimum Gasteiger partial charge on any atom is -0.491 e. The third kappa shape index (κ3) is 4.79. The summed E-state index contributed by atoms with van der Waals surface area (Å²) >= 11 is 12.6. The van der Waals surface area contributed by atoms with E-state index in [4.69, 9.17) is 42.9 Å². The summed E-state index contributed by atoms with van der Waals surface area (Å²) in [6.45, 7) is 4.43. The van der Waals surface area contributed by atoms with Gasteiger partial charge in [0.15, 0.2) is 5.75 Å². The Morgan fingerprint density at radius 1 is 0.840 bits per heavy atom. The fraction of sp³-hybridized carbons (Fsp3) is 0.368. The number of hydrogen-bond acceptors (Lipinski definition) is 4. The molecular formula is C19H22Cl2O4. The van der Waals surface area contributed by atoms with E-state index in [1.165, 1.54) is 0 Å². The predicted molar refractivity (Wildman–Crippen MR) is 100 cm³/mol. The molecule has 4 nitrogen and oxygen atoms in total. The quantitative estimate of drug-likeness (QED) is 0.720. The van der Waals surface area contributed by atoms with Gasteiger partial charge in [-0.25, -0.2) is 0 Å². The van der Waals surface area contributed by atoms with E-state index < -0.39 is 0 Å². The molecule has 2 N–H and O–H groups in total. The van der Waals surface area contributed by atoms with Crippen LogP contribution in [0.5, 0.6) is 11.5 Å². The third-order valence-electron chi connectivity index (χ3n) is 3.99. The minimum atomic E-state index is -0.335. The number of aliphatic hydroxyl groups is 2. The van der Waals surface area contributed by atoms with Gasteiger partial charge in [-0.2, -0.15) is 0 Å². The molecule has 2 aromatic rings. The number of ether oxygens (including phenoxy) is 2. The summed E-state index contributed by atoms with van der Waals surface area (Å²) in [6, 6.07) is 11.4. The van der Waals surface area contributed by atoms with E-state index in [2.05, 4.69) is 13.8 Å². The molecule has 6 heteroatoms. The van der Waals surface area contributed by atoms with Gasteiger partial charge in [0.2, 0.25) is 0 Å². The van der Waals surface area contributed by atoms with E-state index in [0.717, 1.165) is 11.1 Å². The maximum absolute atomic E-state index is 8.88. The number of aliphatic hydroxyl groups excluding tert-OH is 2. The van der Waals surface area contributed by atoms with Crippen molar-refractivity contribution in [3.05, 3.63) is 57.6 Å². The van der Waals surface area contributed by atoms with Crippen LogP contribution in [0, 0.1) is 0 Å². The molecule has 0 fully saturated rings. The van der Waals surface area contributed by atoms with Crippen molar-refractivity contribution >= 4 is 23.2 Å². The van der Waals surface area contributed by atoms with Crippen LogP contribution < -0.4 is 9.47 Å². The standard InChI is InChI=1S/C19H22Cl2O4/c1-19(2,13-3-5-15(6-4-13)24-9-7-22)14-11-16(20)18(17(21)12-14)25-10-8-23/h3-6,11-12,22-23H,7-10H2,1-2H3. The molecule has 0 bridgehead atoms. The van der Waals surface area contributed by atoms with Crippen LogP contribution in [0.4, 0.5) is 0 Å². The zero-order valence-electron chi connectivity index (χ0n) is 14.3. The third-order valence-corrected chi connectivity index (χ3v) is 4.56. The largest absolute Gasteiger partial charge is 0.491 e. The van der Waals surface area contributed by atoms with Gasteiger partial charge >= 0.3 is 0 Å². The Morgan fingerprint density at radius 3 is 1.88 bits per heavy atom. The average molecular weight is 385 g/mol. The van der Waals surface area contributed by atoms with E-state index >= 15 is 0 Å². The van der Waals surface area contributed by atoms with Crippen LogP contribution in [-0.4, -0.2) is 36.6 Å². The molecule has 0 aromatic heterocycles. The molecule has 0 saturated carbocycles. The Hall–Kier alpha value is -1.46. The van der Waals surface area contributed by atoms with Crippen molar-refractivity contribution in [1.82, 2.24) is 0 Å². The van der Waals surface area contributed by atoms with Crippen molar-refractivity contribution in [2.45, 2.75) is 19.3 Å². The molecule has 25 heavy (non-hydrogen) atoms. The van der Waals surface area contributed by atoms with Gasteiger partial charge in [-0.1, -0.05) is 49.2 Å². The van der Waals surface area contributed by atoms with Crippen molar-refractivity contribution in [3.8, 4) is 11.5 Å². The number of benzene rings is 2. The Bertz CT molecular complexity index is 676. The maximum atomic E-state index is 8.88. The van der Waals surface area contributed by atoms with E-state index in [9.17, 15) is 0 Å². The van der Waals surface area contributed by atoms with Crippen LogP contribution >= 0.6 is 23.2 Å². The highest BCUT2D eigenvalue weighted by molar-refractivity contribution is 6.37. The van der Waals surface area contributed by atoms with E-state index in [1.807, 2.05) is 36.4 Å². The molecule has 0 spiro atoms. The molecule has 136 valence electrons. The van der Waals surface area contributed by atoms with Gasteiger partial charge in [0.1, 0.15) is 19.0 Å². The van der Waals surface area contributed by atoms with Crippen molar-refractivity contribution in [3.63, 3.8) is 0 Å². The first kappa shape index (κ1) is 19.9. The topological polar surface area (TPSA) is 58.9 Å². The Morgan fingerprint density at radius 2 is 1.36 bits per heavy atom. The second-order valence-corrected chi connectivity index (χ2v) is 6.88. The lowest BCUT2D eigenvalue weighted by Gasteiger charge is -2.27. The number of halogens is 2. The van der Waals surface area contributed by atoms with E-state index in [-0.39, 0.29) is 31.8 Å². The highest BCUT2D eigenvalue weighted by Crippen LogP contribution is 2.40. The lowest BCUT2D eigenvalue weighted by Crippen LogP contribution is -2.19. The van der Waals surface area contributed by atoms with E-state index in [0.29, 0.717) is 21.5 Å². The zero-order chi connectivity index (χ0) is 18.4. The normalized spacial score (nSPS) is 11.4. The van der Waals surface area contributed by atoms with Gasteiger partial charge in [0.05, 0.1) is 23.3 Å². The fourth-order valence-corrected chi connectivity index (χ4v) is 3.10. The second-order valence-electron chi connectivity index (χ2n) is 6.06. The minimum absolute atomic E-state index is 0.0189. The molecule has 0 aliphatic heterocycles. The average Bonchev–Trinajstić information content (AvgIpc) is 2.59. The molecule has 0 aliphatic rings. The number of hydrogen-bond donors (Lipinski definition) is 2. The molecule has 2 rings (SSSR count). The Balaban J connectivity index is 2.29. The van der Waals surface area contributed by atoms with Crippen LogP contribution in [0.25, 0.3) is 0 Å². The molecule has 0 atom stereocenters. The highest BCUT2D eigenvalue weighted by atomic mass is 35.5. The molecule has 0 heterocycles. The Labute approximate surface area is 157 Å². The molecule has 0 radical (unpaired) electrons. The fourth-order valence-electron chi connectivity index (χ4n) is 2.50. The molecule has 0 amide bonds. The van der Waals surface area contributed by atoms with Crippen molar-refractivity contribution in [2.75, 3.05) is 26.4 Å². The van der Waals surface area contributed by atoms with Gasteiger partial charge in [-0.15, -0.1) is 0 Å². The van der Waals surface area contributed by atoms with Crippen LogP contribution in [0.3, 0.4) is 0 Å². The predicted octanol–water partition coefficient (Wildman–Crippen LogP) is 4.06. The first-order valence-corrected chi connectivity index (χ1v) is 8.73. The first-order valence-electron chi connectivity index (χ1n) is 7.97. The summed E-state index contributed by atoms with van der Waals surface area (Å²) in [4.78, 5) is 0. The monoisotopic (exact) mass is 384 g/mol. The van der Waals surface area contributed by atoms with Crippen molar-refractivity contribution in [2.24, 2.45) is 0 Å². The van der Waals surface area contributed by atoms with E-state index in [1.54, 1.807) is 0 Å². The lowest BCUT2D eigenvalue weighted by atomic mass is 9.78. The van der Waals surface area contributed by atoms with Gasteiger partial charge in [0, 0.05) is 5.41 Å². The van der Waals surface area contributed by atoms with Crippen LogP contribution in [0.1, 0.15) is 25.0 Å². The lowest BCUT2D eigenvalue weighted by molar-refractivity contribution is 0.201. The summed E-state index contributed by atoms with van der Waals surface area (Å²) < 4.78 is 10.8. The molecule has 2 aromatic carbocycles. The summed E-state index contributed by atoms with van der Waals surface area (Å²) in [5.41, 5.74) is 1.68. The molecule has 0 unspecified atom stereocenters. The molecule has 0 saturated heterocycles. The summed E-state index contributed by atoms with van der Waals surface area (Å²) in [6.07, 6.45) is 0. The van der Waals surface area contributed by atoms with Gasteiger partial charge in [-0.3, -0.25) is 0 Å².